The average Bonchev–Trinajstić information content (AvgIpc) is 2.74. The summed E-state index contributed by atoms with van der Waals surface area (Å²) >= 11 is 0. The van der Waals surface area contributed by atoms with E-state index in [0.29, 0.717) is 12.1 Å². The molecule has 144 valence electrons. The first-order valence-electron chi connectivity index (χ1n) is 9.55. The SMILES string of the molecule is O=C(NCCN1CCN(c2ccc(F)cc2)CC1)c1cccc2cccnc12. The highest BCUT2D eigenvalue weighted by Gasteiger charge is 2.17. The van der Waals surface area contributed by atoms with Crippen molar-refractivity contribution in [2.24, 2.45) is 0 Å². The van der Waals surface area contributed by atoms with Crippen LogP contribution in [0.1, 0.15) is 10.4 Å². The van der Waals surface area contributed by atoms with E-state index < -0.39 is 0 Å². The van der Waals surface area contributed by atoms with E-state index in [4.69, 9.17) is 0 Å². The van der Waals surface area contributed by atoms with Crippen LogP contribution in [0.3, 0.4) is 0 Å². The van der Waals surface area contributed by atoms with Crippen molar-refractivity contribution in [1.82, 2.24) is 15.2 Å². The van der Waals surface area contributed by atoms with Crippen molar-refractivity contribution < 1.29 is 9.18 Å². The highest BCUT2D eigenvalue weighted by Crippen LogP contribution is 2.17. The number of aromatic nitrogens is 1. The maximum atomic E-state index is 13.1. The van der Waals surface area contributed by atoms with Crippen molar-refractivity contribution in [3.8, 4) is 0 Å². The van der Waals surface area contributed by atoms with Crippen LogP contribution in [-0.2, 0) is 0 Å². The fourth-order valence-corrected chi connectivity index (χ4v) is 3.59. The first-order valence-corrected chi connectivity index (χ1v) is 9.55. The number of rotatable bonds is 5. The van der Waals surface area contributed by atoms with Gasteiger partial charge in [-0.25, -0.2) is 4.39 Å². The summed E-state index contributed by atoms with van der Waals surface area (Å²) in [6.07, 6.45) is 1.71. The van der Waals surface area contributed by atoms with Crippen molar-refractivity contribution in [2.45, 2.75) is 0 Å². The highest BCUT2D eigenvalue weighted by molar-refractivity contribution is 6.05. The van der Waals surface area contributed by atoms with Gasteiger partial charge in [-0.1, -0.05) is 18.2 Å². The highest BCUT2D eigenvalue weighted by atomic mass is 19.1. The van der Waals surface area contributed by atoms with E-state index in [1.54, 1.807) is 6.20 Å². The van der Waals surface area contributed by atoms with E-state index in [1.807, 2.05) is 42.5 Å². The Morgan fingerprint density at radius 1 is 1.00 bits per heavy atom. The van der Waals surface area contributed by atoms with Gasteiger partial charge in [0, 0.05) is 56.5 Å². The van der Waals surface area contributed by atoms with Gasteiger partial charge in [-0.15, -0.1) is 0 Å². The topological polar surface area (TPSA) is 48.5 Å². The van der Waals surface area contributed by atoms with Crippen LogP contribution in [0.15, 0.2) is 60.8 Å². The second-order valence-corrected chi connectivity index (χ2v) is 6.94. The van der Waals surface area contributed by atoms with E-state index >= 15 is 0 Å². The summed E-state index contributed by atoms with van der Waals surface area (Å²) in [6, 6.07) is 16.1. The Balaban J connectivity index is 1.27. The summed E-state index contributed by atoms with van der Waals surface area (Å²) in [5.41, 5.74) is 2.40. The lowest BCUT2D eigenvalue weighted by Gasteiger charge is -2.36. The zero-order valence-corrected chi connectivity index (χ0v) is 15.6. The third-order valence-electron chi connectivity index (χ3n) is 5.15. The number of benzene rings is 2. The number of pyridine rings is 1. The van der Waals surface area contributed by atoms with E-state index in [0.717, 1.165) is 49.3 Å². The quantitative estimate of drug-likeness (QED) is 0.742. The molecule has 1 N–H and O–H groups in total. The van der Waals surface area contributed by atoms with Crippen LogP contribution in [-0.4, -0.2) is 55.1 Å². The van der Waals surface area contributed by atoms with Crippen molar-refractivity contribution in [2.75, 3.05) is 44.2 Å². The first-order chi connectivity index (χ1) is 13.7. The third kappa shape index (κ3) is 4.12. The number of nitrogens with zero attached hydrogens (tertiary/aromatic N) is 3. The van der Waals surface area contributed by atoms with Crippen LogP contribution >= 0.6 is 0 Å². The first kappa shape index (κ1) is 18.4. The zero-order valence-electron chi connectivity index (χ0n) is 15.6. The zero-order chi connectivity index (χ0) is 19.3. The van der Waals surface area contributed by atoms with Crippen molar-refractivity contribution in [3.63, 3.8) is 0 Å². The molecule has 1 aromatic heterocycles. The van der Waals surface area contributed by atoms with Crippen LogP contribution in [0.25, 0.3) is 10.9 Å². The van der Waals surface area contributed by atoms with Crippen molar-refractivity contribution in [1.29, 1.82) is 0 Å². The molecule has 4 rings (SSSR count). The third-order valence-corrected chi connectivity index (χ3v) is 5.15. The number of amides is 1. The van der Waals surface area contributed by atoms with Crippen molar-refractivity contribution >= 4 is 22.5 Å². The summed E-state index contributed by atoms with van der Waals surface area (Å²) in [5, 5.41) is 3.98. The normalized spacial score (nSPS) is 15.0. The molecule has 0 radical (unpaired) electrons. The maximum Gasteiger partial charge on any atom is 0.253 e. The molecule has 1 aliphatic rings. The van der Waals surface area contributed by atoms with E-state index in [-0.39, 0.29) is 11.7 Å². The van der Waals surface area contributed by atoms with Crippen LogP contribution in [0.4, 0.5) is 10.1 Å². The molecule has 2 aromatic carbocycles. The van der Waals surface area contributed by atoms with Crippen LogP contribution in [0, 0.1) is 5.82 Å². The number of hydrogen-bond donors (Lipinski definition) is 1. The van der Waals surface area contributed by atoms with Crippen molar-refractivity contribution in [3.05, 3.63) is 72.2 Å². The van der Waals surface area contributed by atoms with Gasteiger partial charge in [0.2, 0.25) is 0 Å². The predicted molar refractivity (Wildman–Crippen MR) is 109 cm³/mol. The minimum Gasteiger partial charge on any atom is -0.369 e. The minimum absolute atomic E-state index is 0.0887. The summed E-state index contributed by atoms with van der Waals surface area (Å²) in [7, 11) is 0. The largest absolute Gasteiger partial charge is 0.369 e. The van der Waals surface area contributed by atoms with Gasteiger partial charge in [0.1, 0.15) is 5.82 Å². The van der Waals surface area contributed by atoms with E-state index in [2.05, 4.69) is 20.1 Å². The van der Waals surface area contributed by atoms with Gasteiger partial charge in [-0.2, -0.15) is 0 Å². The molecule has 0 bridgehead atoms. The minimum atomic E-state index is -0.209. The van der Waals surface area contributed by atoms with Gasteiger partial charge < -0.3 is 10.2 Å². The molecule has 1 saturated heterocycles. The molecular weight excluding hydrogens is 355 g/mol. The number of para-hydroxylation sites is 1. The van der Waals surface area contributed by atoms with Gasteiger partial charge >= 0.3 is 0 Å². The second-order valence-electron chi connectivity index (χ2n) is 6.94. The Morgan fingerprint density at radius 3 is 2.54 bits per heavy atom. The molecule has 0 spiro atoms. The molecule has 0 saturated carbocycles. The number of anilines is 1. The fraction of sp³-hybridized carbons (Fsp3) is 0.273. The summed E-state index contributed by atoms with van der Waals surface area (Å²) < 4.78 is 13.1. The summed E-state index contributed by atoms with van der Waals surface area (Å²) in [5.74, 6) is -0.297. The Morgan fingerprint density at radius 2 is 1.75 bits per heavy atom. The van der Waals surface area contributed by atoms with Gasteiger partial charge in [0.05, 0.1) is 11.1 Å². The molecule has 1 amide bonds. The lowest BCUT2D eigenvalue weighted by atomic mass is 10.1. The number of hydrogen-bond acceptors (Lipinski definition) is 4. The van der Waals surface area contributed by atoms with E-state index in [1.165, 1.54) is 12.1 Å². The van der Waals surface area contributed by atoms with Gasteiger partial charge in [-0.3, -0.25) is 14.7 Å². The molecule has 0 unspecified atom stereocenters. The molecule has 0 atom stereocenters. The Labute approximate surface area is 163 Å². The molecule has 0 aliphatic carbocycles. The lowest BCUT2D eigenvalue weighted by molar-refractivity contribution is 0.0949. The fourth-order valence-electron chi connectivity index (χ4n) is 3.59. The number of carbonyl (C=O) groups is 1. The smallest absolute Gasteiger partial charge is 0.253 e. The molecule has 5 nitrogen and oxygen atoms in total. The van der Waals surface area contributed by atoms with Gasteiger partial charge in [0.25, 0.3) is 5.91 Å². The summed E-state index contributed by atoms with van der Waals surface area (Å²) in [6.45, 7) is 5.03. The standard InChI is InChI=1S/C22H23FN4O/c23-18-6-8-19(9-7-18)27-15-13-26(14-16-27)12-11-25-22(28)20-5-1-3-17-4-2-10-24-21(17)20/h1-10H,11-16H2,(H,25,28). The Bertz CT molecular complexity index is 947. The number of carbonyl (C=O) groups excluding carboxylic acids is 1. The van der Waals surface area contributed by atoms with Crippen LogP contribution < -0.4 is 10.2 Å². The number of halogens is 1. The number of piperazine rings is 1. The molecule has 28 heavy (non-hydrogen) atoms. The Hall–Kier alpha value is -2.99. The van der Waals surface area contributed by atoms with Crippen LogP contribution in [0.2, 0.25) is 0 Å². The monoisotopic (exact) mass is 378 g/mol. The molecule has 6 heteroatoms. The molecule has 1 aliphatic heterocycles. The molecule has 1 fully saturated rings. The van der Waals surface area contributed by atoms with Crippen LogP contribution in [0.5, 0.6) is 0 Å². The predicted octanol–water partition coefficient (Wildman–Crippen LogP) is 2.93. The lowest BCUT2D eigenvalue weighted by Crippen LogP contribution is -2.48. The van der Waals surface area contributed by atoms with E-state index in [9.17, 15) is 9.18 Å². The van der Waals surface area contributed by atoms with Gasteiger partial charge in [0.15, 0.2) is 0 Å². The maximum absolute atomic E-state index is 13.1. The number of nitrogens with one attached hydrogen (secondary N) is 1. The Kier molecular flexibility index (Phi) is 5.48. The molecule has 3 aromatic rings. The molecule has 2 heterocycles. The summed E-state index contributed by atoms with van der Waals surface area (Å²) in [4.78, 5) is 21.5. The number of fused-ring (bicyclic) bond motifs is 1. The van der Waals surface area contributed by atoms with Gasteiger partial charge in [-0.05, 0) is 36.4 Å². The molecular formula is C22H23FN4O. The average molecular weight is 378 g/mol. The second kappa shape index (κ2) is 8.35.